The molecule has 0 aliphatic carbocycles. The van der Waals surface area contributed by atoms with Crippen molar-refractivity contribution in [2.24, 2.45) is 11.8 Å². The van der Waals surface area contributed by atoms with Crippen molar-refractivity contribution in [3.63, 3.8) is 0 Å². The van der Waals surface area contributed by atoms with Crippen LogP contribution >= 0.6 is 0 Å². The zero-order valence-electron chi connectivity index (χ0n) is 12.6. The van der Waals surface area contributed by atoms with Gasteiger partial charge in [-0.25, -0.2) is 0 Å². The highest BCUT2D eigenvalue weighted by molar-refractivity contribution is 4.94. The fourth-order valence-electron chi connectivity index (χ4n) is 3.26. The van der Waals surface area contributed by atoms with Gasteiger partial charge in [0.25, 0.3) is 0 Å². The molecule has 0 aromatic rings. The van der Waals surface area contributed by atoms with Crippen LogP contribution in [0.2, 0.25) is 0 Å². The van der Waals surface area contributed by atoms with Crippen molar-refractivity contribution in [2.45, 2.75) is 51.0 Å². The molecule has 0 radical (unpaired) electrons. The van der Waals surface area contributed by atoms with Crippen molar-refractivity contribution in [3.8, 4) is 0 Å². The summed E-state index contributed by atoms with van der Waals surface area (Å²) in [7, 11) is 0. The maximum atomic E-state index is 5.98. The molecule has 3 atom stereocenters. The molecule has 2 fully saturated rings. The minimum absolute atomic E-state index is 0.0173. The molecule has 2 heterocycles. The Morgan fingerprint density at radius 1 is 1.30 bits per heavy atom. The summed E-state index contributed by atoms with van der Waals surface area (Å²) in [5, 5.41) is 0. The summed E-state index contributed by atoms with van der Waals surface area (Å²) in [5.74, 6) is 6.14. The molecule has 1 spiro atoms. The monoisotopic (exact) mass is 288 g/mol. The maximum Gasteiger partial charge on any atom is 0.174 e. The highest BCUT2D eigenvalue weighted by Gasteiger charge is 2.44. The fraction of sp³-hybridized carbons (Fsp3) is 1.00. The number of rotatable bonds is 7. The molecule has 6 nitrogen and oxygen atoms in total. The van der Waals surface area contributed by atoms with E-state index in [1.165, 1.54) is 0 Å². The summed E-state index contributed by atoms with van der Waals surface area (Å²) in [5.41, 5.74) is 2.78. The van der Waals surface area contributed by atoms with Crippen molar-refractivity contribution in [3.05, 3.63) is 0 Å². The molecular weight excluding hydrogens is 260 g/mol. The van der Waals surface area contributed by atoms with Crippen LogP contribution in [0.3, 0.4) is 0 Å². The predicted octanol–water partition coefficient (Wildman–Crippen LogP) is 0.803. The van der Waals surface area contributed by atoms with Crippen LogP contribution in [0.15, 0.2) is 0 Å². The Morgan fingerprint density at radius 3 is 2.60 bits per heavy atom. The van der Waals surface area contributed by atoms with Gasteiger partial charge in [-0.2, -0.15) is 0 Å². The topological polar surface area (TPSA) is 75.0 Å². The van der Waals surface area contributed by atoms with Gasteiger partial charge in [0.15, 0.2) is 6.29 Å². The Kier molecular flexibility index (Phi) is 6.20. The summed E-state index contributed by atoms with van der Waals surface area (Å²) in [6.45, 7) is 7.38. The number of hydrogen-bond donors (Lipinski definition) is 2. The van der Waals surface area contributed by atoms with E-state index >= 15 is 0 Å². The van der Waals surface area contributed by atoms with Gasteiger partial charge in [-0.3, -0.25) is 11.3 Å². The summed E-state index contributed by atoms with van der Waals surface area (Å²) < 4.78 is 22.9. The van der Waals surface area contributed by atoms with Crippen molar-refractivity contribution >= 4 is 0 Å². The van der Waals surface area contributed by atoms with Crippen LogP contribution < -0.4 is 11.3 Å². The highest BCUT2D eigenvalue weighted by Crippen LogP contribution is 2.37. The standard InChI is InChI=1S/C14H28N2O4/c1-3-18-13(19-4-2)12(16-15)11-5-7-20-14(9-11)6-8-17-10-14/h11-13,16H,3-10,15H2,1-2H3. The normalized spacial score (nSPS) is 32.1. The van der Waals surface area contributed by atoms with Crippen LogP contribution in [0, 0.1) is 5.92 Å². The van der Waals surface area contributed by atoms with Crippen LogP contribution in [0.5, 0.6) is 0 Å². The van der Waals surface area contributed by atoms with E-state index in [1.807, 2.05) is 13.8 Å². The van der Waals surface area contributed by atoms with Gasteiger partial charge < -0.3 is 18.9 Å². The summed E-state index contributed by atoms with van der Waals surface area (Å²) in [6.07, 6.45) is 2.57. The van der Waals surface area contributed by atoms with E-state index in [9.17, 15) is 0 Å². The molecule has 20 heavy (non-hydrogen) atoms. The van der Waals surface area contributed by atoms with E-state index in [1.54, 1.807) is 0 Å². The van der Waals surface area contributed by atoms with Gasteiger partial charge in [-0.15, -0.1) is 0 Å². The predicted molar refractivity (Wildman–Crippen MR) is 75.0 cm³/mol. The zero-order chi connectivity index (χ0) is 14.4. The SMILES string of the molecule is CCOC(OCC)C(NN)C1CCOC2(CCOC2)C1. The van der Waals surface area contributed by atoms with Gasteiger partial charge in [0.2, 0.25) is 0 Å². The van der Waals surface area contributed by atoms with Crippen molar-refractivity contribution in [1.82, 2.24) is 5.43 Å². The van der Waals surface area contributed by atoms with Gasteiger partial charge in [-0.05, 0) is 32.6 Å². The lowest BCUT2D eigenvalue weighted by atomic mass is 9.81. The fourth-order valence-corrected chi connectivity index (χ4v) is 3.26. The number of nitrogens with two attached hydrogens (primary N) is 1. The molecule has 0 amide bonds. The largest absolute Gasteiger partial charge is 0.378 e. The second kappa shape index (κ2) is 7.68. The molecular formula is C14H28N2O4. The molecule has 2 saturated heterocycles. The van der Waals surface area contributed by atoms with Gasteiger partial charge in [0.1, 0.15) is 0 Å². The van der Waals surface area contributed by atoms with E-state index in [0.29, 0.717) is 25.7 Å². The van der Waals surface area contributed by atoms with E-state index in [-0.39, 0.29) is 17.9 Å². The third-order valence-corrected chi connectivity index (χ3v) is 4.25. The number of ether oxygens (including phenoxy) is 4. The minimum Gasteiger partial charge on any atom is -0.378 e. The Hall–Kier alpha value is -0.240. The van der Waals surface area contributed by atoms with E-state index in [0.717, 1.165) is 32.5 Å². The number of nitrogens with one attached hydrogen (secondary N) is 1. The molecule has 3 unspecified atom stereocenters. The molecule has 0 aromatic carbocycles. The third-order valence-electron chi connectivity index (χ3n) is 4.25. The van der Waals surface area contributed by atoms with Crippen molar-refractivity contribution < 1.29 is 18.9 Å². The molecule has 0 aromatic heterocycles. The van der Waals surface area contributed by atoms with Crippen LogP contribution in [-0.2, 0) is 18.9 Å². The average molecular weight is 288 g/mol. The molecule has 2 aliphatic heterocycles. The molecule has 6 heteroatoms. The van der Waals surface area contributed by atoms with Gasteiger partial charge in [0, 0.05) is 32.8 Å². The zero-order valence-corrected chi connectivity index (χ0v) is 12.6. The molecule has 2 rings (SSSR count). The van der Waals surface area contributed by atoms with Gasteiger partial charge in [0.05, 0.1) is 18.2 Å². The van der Waals surface area contributed by atoms with Crippen LogP contribution in [-0.4, -0.2) is 51.0 Å². The molecule has 118 valence electrons. The Balaban J connectivity index is 2.01. The van der Waals surface area contributed by atoms with Crippen molar-refractivity contribution in [1.29, 1.82) is 0 Å². The second-order valence-corrected chi connectivity index (χ2v) is 5.56. The first-order valence-electron chi connectivity index (χ1n) is 7.65. The quantitative estimate of drug-likeness (QED) is 0.410. The minimum atomic E-state index is -0.308. The molecule has 3 N–H and O–H groups in total. The van der Waals surface area contributed by atoms with Crippen LogP contribution in [0.4, 0.5) is 0 Å². The number of hydrazine groups is 1. The molecule has 0 bridgehead atoms. The Labute approximate surface area is 121 Å². The summed E-state index contributed by atoms with van der Waals surface area (Å²) in [6, 6.07) is -0.0173. The first-order chi connectivity index (χ1) is 9.74. The van der Waals surface area contributed by atoms with Gasteiger partial charge in [-0.1, -0.05) is 0 Å². The van der Waals surface area contributed by atoms with Crippen LogP contribution in [0.1, 0.15) is 33.1 Å². The highest BCUT2D eigenvalue weighted by atomic mass is 16.7. The lowest BCUT2D eigenvalue weighted by Gasteiger charge is -2.41. The third kappa shape index (κ3) is 3.69. The first kappa shape index (κ1) is 16.1. The van der Waals surface area contributed by atoms with E-state index in [2.05, 4.69) is 5.43 Å². The molecule has 2 aliphatic rings. The molecule has 0 saturated carbocycles. The lowest BCUT2D eigenvalue weighted by molar-refractivity contribution is -0.178. The van der Waals surface area contributed by atoms with E-state index in [4.69, 9.17) is 24.8 Å². The maximum absolute atomic E-state index is 5.98. The van der Waals surface area contributed by atoms with E-state index < -0.39 is 0 Å². The smallest absolute Gasteiger partial charge is 0.174 e. The second-order valence-electron chi connectivity index (χ2n) is 5.56. The summed E-state index contributed by atoms with van der Waals surface area (Å²) >= 11 is 0. The number of hydrogen-bond acceptors (Lipinski definition) is 6. The van der Waals surface area contributed by atoms with Crippen molar-refractivity contribution in [2.75, 3.05) is 33.0 Å². The Bertz CT molecular complexity index is 278. The summed E-state index contributed by atoms with van der Waals surface area (Å²) in [4.78, 5) is 0. The Morgan fingerprint density at radius 2 is 2.05 bits per heavy atom. The average Bonchev–Trinajstić information content (AvgIpc) is 2.88. The first-order valence-corrected chi connectivity index (χ1v) is 7.65. The van der Waals surface area contributed by atoms with Gasteiger partial charge >= 0.3 is 0 Å². The van der Waals surface area contributed by atoms with Crippen LogP contribution in [0.25, 0.3) is 0 Å². The lowest BCUT2D eigenvalue weighted by Crippen LogP contribution is -2.55.